The summed E-state index contributed by atoms with van der Waals surface area (Å²) in [4.78, 5) is 12.6. The first kappa shape index (κ1) is 17.5. The van der Waals surface area contributed by atoms with Crippen molar-refractivity contribution >= 4 is 34.2 Å². The third-order valence-corrected chi connectivity index (χ3v) is 4.44. The summed E-state index contributed by atoms with van der Waals surface area (Å²) in [7, 11) is 0. The molecular weight excluding hydrogens is 431 g/mol. The summed E-state index contributed by atoms with van der Waals surface area (Å²) >= 11 is 2.21. The molecule has 2 aromatic carbocycles. The Balaban J connectivity index is 1.77. The zero-order valence-corrected chi connectivity index (χ0v) is 16.0. The van der Waals surface area contributed by atoms with Crippen LogP contribution in [0, 0.1) is 17.4 Å². The average molecular weight is 448 g/mol. The molecule has 0 saturated carbocycles. The Labute approximate surface area is 159 Å². The number of hydrogen-bond acceptors (Lipinski definition) is 4. The number of amides is 1. The first-order chi connectivity index (χ1) is 12.0. The van der Waals surface area contributed by atoms with Crippen molar-refractivity contribution in [1.82, 2.24) is 5.16 Å². The predicted octanol–water partition coefficient (Wildman–Crippen LogP) is 4.73. The quantitative estimate of drug-likeness (QED) is 0.574. The molecule has 1 N–H and O–H groups in total. The van der Waals surface area contributed by atoms with Crippen LogP contribution in [-0.2, 0) is 6.61 Å². The SMILES string of the molecule is Cc1noc(C)c1COc1ccccc1C(=O)Nc1cccc(I)c1. The smallest absolute Gasteiger partial charge is 0.259 e. The zero-order valence-electron chi connectivity index (χ0n) is 13.9. The molecule has 5 nitrogen and oxygen atoms in total. The molecule has 1 aromatic heterocycles. The number of halogens is 1. The average Bonchev–Trinajstić information content (AvgIpc) is 2.91. The molecule has 1 amide bonds. The van der Waals surface area contributed by atoms with Gasteiger partial charge in [0, 0.05) is 9.26 Å². The molecule has 0 bridgehead atoms. The van der Waals surface area contributed by atoms with E-state index in [-0.39, 0.29) is 5.91 Å². The molecule has 3 rings (SSSR count). The minimum absolute atomic E-state index is 0.212. The second kappa shape index (κ2) is 7.69. The summed E-state index contributed by atoms with van der Waals surface area (Å²) in [5.74, 6) is 1.03. The van der Waals surface area contributed by atoms with Crippen LogP contribution in [-0.4, -0.2) is 11.1 Å². The number of rotatable bonds is 5. The fourth-order valence-corrected chi connectivity index (χ4v) is 2.95. The van der Waals surface area contributed by atoms with Gasteiger partial charge in [0.15, 0.2) is 0 Å². The van der Waals surface area contributed by atoms with Crippen molar-refractivity contribution in [3.05, 3.63) is 74.7 Å². The molecule has 128 valence electrons. The van der Waals surface area contributed by atoms with Crippen molar-refractivity contribution in [2.45, 2.75) is 20.5 Å². The molecule has 6 heteroatoms. The number of aromatic nitrogens is 1. The highest BCUT2D eigenvalue weighted by atomic mass is 127. The van der Waals surface area contributed by atoms with Gasteiger partial charge in [-0.15, -0.1) is 0 Å². The Bertz CT molecular complexity index is 886. The van der Waals surface area contributed by atoms with Crippen LogP contribution in [0.4, 0.5) is 5.69 Å². The minimum Gasteiger partial charge on any atom is -0.488 e. The Morgan fingerprint density at radius 1 is 1.20 bits per heavy atom. The summed E-state index contributed by atoms with van der Waals surface area (Å²) in [5, 5.41) is 6.82. The molecule has 0 saturated heterocycles. The number of ether oxygens (including phenoxy) is 1. The van der Waals surface area contributed by atoms with Crippen LogP contribution in [0.1, 0.15) is 27.4 Å². The van der Waals surface area contributed by atoms with E-state index < -0.39 is 0 Å². The Hall–Kier alpha value is -2.35. The molecule has 1 heterocycles. The van der Waals surface area contributed by atoms with E-state index in [4.69, 9.17) is 9.26 Å². The normalized spacial score (nSPS) is 10.5. The van der Waals surface area contributed by atoms with Crippen molar-refractivity contribution in [2.75, 3.05) is 5.32 Å². The number of carbonyl (C=O) groups is 1. The van der Waals surface area contributed by atoms with Gasteiger partial charge >= 0.3 is 0 Å². The van der Waals surface area contributed by atoms with E-state index in [0.29, 0.717) is 17.9 Å². The van der Waals surface area contributed by atoms with Gasteiger partial charge in [-0.1, -0.05) is 23.4 Å². The van der Waals surface area contributed by atoms with E-state index in [9.17, 15) is 4.79 Å². The van der Waals surface area contributed by atoms with Crippen LogP contribution < -0.4 is 10.1 Å². The van der Waals surface area contributed by atoms with Gasteiger partial charge in [0.1, 0.15) is 18.1 Å². The lowest BCUT2D eigenvalue weighted by molar-refractivity contribution is 0.102. The van der Waals surface area contributed by atoms with Crippen LogP contribution >= 0.6 is 22.6 Å². The van der Waals surface area contributed by atoms with Crippen molar-refractivity contribution < 1.29 is 14.1 Å². The van der Waals surface area contributed by atoms with E-state index in [1.165, 1.54) is 0 Å². The lowest BCUT2D eigenvalue weighted by Gasteiger charge is -2.12. The highest BCUT2D eigenvalue weighted by molar-refractivity contribution is 14.1. The summed E-state index contributed by atoms with van der Waals surface area (Å²) < 4.78 is 12.1. The molecule has 0 radical (unpaired) electrons. The standard InChI is InChI=1S/C19H17IN2O3/c1-12-17(13(2)25-22-12)11-24-18-9-4-3-8-16(18)19(23)21-15-7-5-6-14(20)10-15/h3-10H,11H2,1-2H3,(H,21,23). The first-order valence-electron chi connectivity index (χ1n) is 7.75. The lowest BCUT2D eigenvalue weighted by atomic mass is 10.1. The minimum atomic E-state index is -0.212. The molecular formula is C19H17IN2O3. The van der Waals surface area contributed by atoms with Gasteiger partial charge < -0.3 is 14.6 Å². The monoisotopic (exact) mass is 448 g/mol. The van der Waals surface area contributed by atoms with Crippen molar-refractivity contribution in [2.24, 2.45) is 0 Å². The van der Waals surface area contributed by atoms with Gasteiger partial charge in [-0.25, -0.2) is 0 Å². The number of nitrogens with zero attached hydrogens (tertiary/aromatic N) is 1. The Kier molecular flexibility index (Phi) is 5.37. The third kappa shape index (κ3) is 4.19. The number of anilines is 1. The number of hydrogen-bond donors (Lipinski definition) is 1. The van der Waals surface area contributed by atoms with Crippen LogP contribution in [0.2, 0.25) is 0 Å². The van der Waals surface area contributed by atoms with Gasteiger partial charge in [0.05, 0.1) is 16.8 Å². The number of benzene rings is 2. The zero-order chi connectivity index (χ0) is 17.8. The molecule has 3 aromatic rings. The maximum atomic E-state index is 12.6. The van der Waals surface area contributed by atoms with Gasteiger partial charge in [-0.3, -0.25) is 4.79 Å². The Morgan fingerprint density at radius 2 is 2.00 bits per heavy atom. The third-order valence-electron chi connectivity index (χ3n) is 3.77. The van der Waals surface area contributed by atoms with E-state index in [1.807, 2.05) is 50.2 Å². The van der Waals surface area contributed by atoms with Crippen molar-refractivity contribution in [3.8, 4) is 5.75 Å². The second-order valence-corrected chi connectivity index (χ2v) is 6.80. The highest BCUT2D eigenvalue weighted by Crippen LogP contribution is 2.23. The molecule has 25 heavy (non-hydrogen) atoms. The number of carbonyl (C=O) groups excluding carboxylic acids is 1. The van der Waals surface area contributed by atoms with Gasteiger partial charge in [0.25, 0.3) is 5.91 Å². The summed E-state index contributed by atoms with van der Waals surface area (Å²) in [5.41, 5.74) is 2.91. The highest BCUT2D eigenvalue weighted by Gasteiger charge is 2.15. The molecule has 0 atom stereocenters. The summed E-state index contributed by atoms with van der Waals surface area (Å²) in [6.07, 6.45) is 0. The largest absolute Gasteiger partial charge is 0.488 e. The molecule has 0 fully saturated rings. The summed E-state index contributed by atoms with van der Waals surface area (Å²) in [6, 6.07) is 14.8. The number of para-hydroxylation sites is 1. The summed E-state index contributed by atoms with van der Waals surface area (Å²) in [6.45, 7) is 4.01. The van der Waals surface area contributed by atoms with Gasteiger partial charge in [-0.05, 0) is 66.8 Å². The molecule has 0 aliphatic heterocycles. The van der Waals surface area contributed by atoms with Gasteiger partial charge in [-0.2, -0.15) is 0 Å². The fraction of sp³-hybridized carbons (Fsp3) is 0.158. The van der Waals surface area contributed by atoms with E-state index >= 15 is 0 Å². The molecule has 0 unspecified atom stereocenters. The number of nitrogens with one attached hydrogen (secondary N) is 1. The second-order valence-electron chi connectivity index (χ2n) is 5.55. The van der Waals surface area contributed by atoms with E-state index in [1.54, 1.807) is 12.1 Å². The fourth-order valence-electron chi connectivity index (χ4n) is 2.40. The maximum Gasteiger partial charge on any atom is 0.259 e. The van der Waals surface area contributed by atoms with E-state index in [0.717, 1.165) is 26.3 Å². The van der Waals surface area contributed by atoms with Crippen LogP contribution in [0.25, 0.3) is 0 Å². The lowest BCUT2D eigenvalue weighted by Crippen LogP contribution is -2.13. The number of aryl methyl sites for hydroxylation is 2. The molecule has 0 spiro atoms. The van der Waals surface area contributed by atoms with E-state index in [2.05, 4.69) is 33.1 Å². The topological polar surface area (TPSA) is 64.4 Å². The predicted molar refractivity (Wildman–Crippen MR) is 104 cm³/mol. The molecule has 0 aliphatic rings. The Morgan fingerprint density at radius 3 is 2.72 bits per heavy atom. The van der Waals surface area contributed by atoms with Crippen LogP contribution in [0.3, 0.4) is 0 Å². The van der Waals surface area contributed by atoms with Crippen molar-refractivity contribution in [1.29, 1.82) is 0 Å². The maximum absolute atomic E-state index is 12.6. The van der Waals surface area contributed by atoms with Crippen molar-refractivity contribution in [3.63, 3.8) is 0 Å². The first-order valence-corrected chi connectivity index (χ1v) is 8.83. The van der Waals surface area contributed by atoms with Gasteiger partial charge in [0.2, 0.25) is 0 Å². The van der Waals surface area contributed by atoms with Crippen LogP contribution in [0.5, 0.6) is 5.75 Å². The van der Waals surface area contributed by atoms with Crippen LogP contribution in [0.15, 0.2) is 53.1 Å². The molecule has 0 aliphatic carbocycles.